The highest BCUT2D eigenvalue weighted by Crippen LogP contribution is 2.35. The van der Waals surface area contributed by atoms with Gasteiger partial charge < -0.3 is 26.2 Å². The number of carbonyl (C=O) groups excluding carboxylic acids is 1. The van der Waals surface area contributed by atoms with E-state index >= 15 is 0 Å². The number of amides is 1. The standard InChI is InChI=1S/C15H26N6O/c1-11(22)20(3)13-5-4-9-21(13)12-6-8-18-15(14(12)17)19(2)10-7-16/h6,8,13H,4-5,7,9-10,16-17H2,1-3H3. The first-order valence-electron chi connectivity index (χ1n) is 7.63. The Balaban J connectivity index is 2.32. The molecule has 0 bridgehead atoms. The zero-order valence-corrected chi connectivity index (χ0v) is 13.6. The van der Waals surface area contributed by atoms with Crippen LogP contribution in [0.5, 0.6) is 0 Å². The number of hydrogen-bond donors (Lipinski definition) is 2. The van der Waals surface area contributed by atoms with E-state index in [0.717, 1.165) is 30.9 Å². The van der Waals surface area contributed by atoms with Gasteiger partial charge in [-0.25, -0.2) is 4.98 Å². The Morgan fingerprint density at radius 2 is 2.23 bits per heavy atom. The summed E-state index contributed by atoms with van der Waals surface area (Å²) >= 11 is 0. The van der Waals surface area contributed by atoms with E-state index in [2.05, 4.69) is 9.88 Å². The van der Waals surface area contributed by atoms with Gasteiger partial charge >= 0.3 is 0 Å². The van der Waals surface area contributed by atoms with Gasteiger partial charge in [-0.3, -0.25) is 4.79 Å². The lowest BCUT2D eigenvalue weighted by Crippen LogP contribution is -2.45. The molecule has 1 aliphatic heterocycles. The third-order valence-electron chi connectivity index (χ3n) is 4.25. The van der Waals surface area contributed by atoms with Gasteiger partial charge in [0.1, 0.15) is 6.17 Å². The number of rotatable bonds is 5. The predicted molar refractivity (Wildman–Crippen MR) is 89.8 cm³/mol. The van der Waals surface area contributed by atoms with Gasteiger partial charge in [0.05, 0.1) is 11.4 Å². The predicted octanol–water partition coefficient (Wildman–Crippen LogP) is 0.463. The Hall–Kier alpha value is -2.02. The van der Waals surface area contributed by atoms with Crippen LogP contribution in [0.3, 0.4) is 0 Å². The van der Waals surface area contributed by atoms with Crippen LogP contribution in [0.4, 0.5) is 17.2 Å². The van der Waals surface area contributed by atoms with E-state index in [-0.39, 0.29) is 12.1 Å². The van der Waals surface area contributed by atoms with Crippen LogP contribution < -0.4 is 21.3 Å². The number of aromatic nitrogens is 1. The molecule has 2 heterocycles. The minimum atomic E-state index is 0.0508. The molecule has 1 fully saturated rings. The van der Waals surface area contributed by atoms with E-state index in [9.17, 15) is 4.79 Å². The Labute approximate surface area is 131 Å². The van der Waals surface area contributed by atoms with Crippen LogP contribution in [0.15, 0.2) is 12.3 Å². The van der Waals surface area contributed by atoms with Gasteiger partial charge in [-0.1, -0.05) is 0 Å². The molecule has 0 aromatic carbocycles. The number of likely N-dealkylation sites (N-methyl/N-ethyl adjacent to an activating group) is 1. The lowest BCUT2D eigenvalue weighted by Gasteiger charge is -2.34. The van der Waals surface area contributed by atoms with Crippen molar-refractivity contribution >= 4 is 23.1 Å². The van der Waals surface area contributed by atoms with E-state index in [4.69, 9.17) is 11.5 Å². The van der Waals surface area contributed by atoms with Crippen molar-refractivity contribution in [3.63, 3.8) is 0 Å². The normalized spacial score (nSPS) is 17.6. The lowest BCUT2D eigenvalue weighted by molar-refractivity contribution is -0.129. The number of hydrogen-bond acceptors (Lipinski definition) is 6. The summed E-state index contributed by atoms with van der Waals surface area (Å²) in [5.74, 6) is 0.795. The molecular formula is C15H26N6O. The molecule has 1 aromatic rings. The highest BCUT2D eigenvalue weighted by atomic mass is 16.2. The number of carbonyl (C=O) groups is 1. The molecule has 7 nitrogen and oxygen atoms in total. The molecule has 1 aromatic heterocycles. The van der Waals surface area contributed by atoms with Gasteiger partial charge in [0.2, 0.25) is 5.91 Å². The SMILES string of the molecule is CC(=O)N(C)C1CCCN1c1ccnc(N(C)CCN)c1N. The second-order valence-electron chi connectivity index (χ2n) is 5.72. The van der Waals surface area contributed by atoms with E-state index in [1.54, 1.807) is 18.0 Å². The van der Waals surface area contributed by atoms with Crippen LogP contribution in [-0.2, 0) is 4.79 Å². The molecule has 1 saturated heterocycles. The van der Waals surface area contributed by atoms with Gasteiger partial charge in [-0.05, 0) is 18.9 Å². The molecule has 0 aliphatic carbocycles. The highest BCUT2D eigenvalue weighted by Gasteiger charge is 2.31. The first-order valence-corrected chi connectivity index (χ1v) is 7.63. The van der Waals surface area contributed by atoms with Crippen molar-refractivity contribution in [2.24, 2.45) is 5.73 Å². The topological polar surface area (TPSA) is 91.7 Å². The second kappa shape index (κ2) is 6.83. The molecule has 22 heavy (non-hydrogen) atoms. The van der Waals surface area contributed by atoms with Crippen molar-refractivity contribution in [1.82, 2.24) is 9.88 Å². The van der Waals surface area contributed by atoms with Crippen LogP contribution in [0.2, 0.25) is 0 Å². The zero-order chi connectivity index (χ0) is 16.3. The summed E-state index contributed by atoms with van der Waals surface area (Å²) < 4.78 is 0. The fourth-order valence-corrected chi connectivity index (χ4v) is 2.95. The highest BCUT2D eigenvalue weighted by molar-refractivity contribution is 5.80. The average molecular weight is 306 g/mol. The molecule has 2 rings (SSSR count). The maximum atomic E-state index is 11.7. The average Bonchev–Trinajstić information content (AvgIpc) is 2.95. The van der Waals surface area contributed by atoms with Crippen molar-refractivity contribution in [2.75, 3.05) is 49.3 Å². The van der Waals surface area contributed by atoms with Gasteiger partial charge in [0.15, 0.2) is 5.82 Å². The molecule has 1 amide bonds. The summed E-state index contributed by atoms with van der Waals surface area (Å²) in [4.78, 5) is 22.0. The summed E-state index contributed by atoms with van der Waals surface area (Å²) in [5.41, 5.74) is 13.5. The van der Waals surface area contributed by atoms with E-state index in [1.165, 1.54) is 0 Å². The summed E-state index contributed by atoms with van der Waals surface area (Å²) in [7, 11) is 3.77. The Morgan fingerprint density at radius 1 is 1.50 bits per heavy atom. The largest absolute Gasteiger partial charge is 0.394 e. The molecule has 0 radical (unpaired) electrons. The first kappa shape index (κ1) is 16.4. The fourth-order valence-electron chi connectivity index (χ4n) is 2.95. The van der Waals surface area contributed by atoms with E-state index in [0.29, 0.717) is 18.8 Å². The quantitative estimate of drug-likeness (QED) is 0.821. The molecule has 7 heteroatoms. The molecule has 1 atom stereocenters. The van der Waals surface area contributed by atoms with Crippen LogP contribution in [0.25, 0.3) is 0 Å². The first-order chi connectivity index (χ1) is 10.5. The van der Waals surface area contributed by atoms with Gasteiger partial charge in [0, 0.05) is 46.9 Å². The van der Waals surface area contributed by atoms with Crippen molar-refractivity contribution in [2.45, 2.75) is 25.9 Å². The number of nitrogen functional groups attached to an aromatic ring is 1. The summed E-state index contributed by atoms with van der Waals surface area (Å²) in [6, 6.07) is 1.92. The lowest BCUT2D eigenvalue weighted by atomic mass is 10.2. The molecular weight excluding hydrogens is 280 g/mol. The van der Waals surface area contributed by atoms with Gasteiger partial charge in [-0.2, -0.15) is 0 Å². The van der Waals surface area contributed by atoms with E-state index in [1.807, 2.05) is 25.1 Å². The van der Waals surface area contributed by atoms with Gasteiger partial charge in [-0.15, -0.1) is 0 Å². The maximum Gasteiger partial charge on any atom is 0.220 e. The van der Waals surface area contributed by atoms with E-state index < -0.39 is 0 Å². The second-order valence-corrected chi connectivity index (χ2v) is 5.72. The number of pyridine rings is 1. The molecule has 1 aliphatic rings. The Morgan fingerprint density at radius 3 is 2.86 bits per heavy atom. The molecule has 4 N–H and O–H groups in total. The molecule has 0 spiro atoms. The monoisotopic (exact) mass is 306 g/mol. The Kier molecular flexibility index (Phi) is 5.07. The zero-order valence-electron chi connectivity index (χ0n) is 13.6. The molecule has 0 saturated carbocycles. The maximum absolute atomic E-state index is 11.7. The fraction of sp³-hybridized carbons (Fsp3) is 0.600. The number of anilines is 3. The summed E-state index contributed by atoms with van der Waals surface area (Å²) in [6.45, 7) is 3.71. The minimum absolute atomic E-state index is 0.0508. The summed E-state index contributed by atoms with van der Waals surface area (Å²) in [6.07, 6.45) is 3.80. The minimum Gasteiger partial charge on any atom is -0.394 e. The Bertz CT molecular complexity index is 535. The third kappa shape index (κ3) is 3.09. The smallest absolute Gasteiger partial charge is 0.220 e. The van der Waals surface area contributed by atoms with Crippen LogP contribution in [0, 0.1) is 0 Å². The number of nitrogens with zero attached hydrogens (tertiary/aromatic N) is 4. The molecule has 1 unspecified atom stereocenters. The van der Waals surface area contributed by atoms with Crippen LogP contribution >= 0.6 is 0 Å². The molecule has 122 valence electrons. The van der Waals surface area contributed by atoms with Crippen LogP contribution in [0.1, 0.15) is 19.8 Å². The van der Waals surface area contributed by atoms with Gasteiger partial charge in [0.25, 0.3) is 0 Å². The van der Waals surface area contributed by atoms with Crippen molar-refractivity contribution < 1.29 is 4.79 Å². The van der Waals surface area contributed by atoms with Crippen molar-refractivity contribution in [1.29, 1.82) is 0 Å². The van der Waals surface area contributed by atoms with Crippen molar-refractivity contribution in [3.8, 4) is 0 Å². The summed E-state index contributed by atoms with van der Waals surface area (Å²) in [5, 5.41) is 0. The number of nitrogens with two attached hydrogens (primary N) is 2. The third-order valence-corrected chi connectivity index (χ3v) is 4.25. The van der Waals surface area contributed by atoms with Crippen molar-refractivity contribution in [3.05, 3.63) is 12.3 Å². The van der Waals surface area contributed by atoms with Crippen LogP contribution in [-0.4, -0.2) is 55.7 Å².